The van der Waals surface area contributed by atoms with E-state index in [1.807, 2.05) is 0 Å². The first kappa shape index (κ1) is 16.4. The molecule has 1 aromatic rings. The van der Waals surface area contributed by atoms with Crippen molar-refractivity contribution in [3.05, 3.63) is 17.6 Å². The first-order valence-corrected chi connectivity index (χ1v) is 5.55. The van der Waals surface area contributed by atoms with E-state index < -0.39 is 0 Å². The summed E-state index contributed by atoms with van der Waals surface area (Å²) in [6.45, 7) is 6.59. The Hall–Kier alpha value is -0.580. The maximum absolute atomic E-state index is 5.65. The van der Waals surface area contributed by atoms with Crippen LogP contribution in [-0.2, 0) is 12.8 Å². The van der Waals surface area contributed by atoms with Crippen molar-refractivity contribution in [3.8, 4) is 0 Å². The molecule has 0 unspecified atom stereocenters. The fraction of sp³-hybridized carbons (Fsp3) is 0.636. The van der Waals surface area contributed by atoms with Crippen LogP contribution >= 0.6 is 24.8 Å². The fourth-order valence-corrected chi connectivity index (χ4v) is 2.19. The van der Waals surface area contributed by atoms with Crippen molar-refractivity contribution in [2.45, 2.75) is 32.7 Å². The largest absolute Gasteiger partial charge is 0.382 e. The van der Waals surface area contributed by atoms with E-state index in [4.69, 9.17) is 5.73 Å². The molecule has 1 aliphatic rings. The van der Waals surface area contributed by atoms with Crippen LogP contribution in [-0.4, -0.2) is 34.0 Å². The molecule has 0 spiro atoms. The van der Waals surface area contributed by atoms with E-state index >= 15 is 0 Å². The summed E-state index contributed by atoms with van der Waals surface area (Å²) in [5.74, 6) is 0.534. The van der Waals surface area contributed by atoms with Crippen molar-refractivity contribution < 1.29 is 0 Å². The van der Waals surface area contributed by atoms with Gasteiger partial charge in [0.25, 0.3) is 0 Å². The summed E-state index contributed by atoms with van der Waals surface area (Å²) in [6, 6.07) is 0.550. The lowest BCUT2D eigenvalue weighted by Crippen LogP contribution is -2.34. The van der Waals surface area contributed by atoms with Crippen molar-refractivity contribution in [2.75, 3.05) is 18.8 Å². The van der Waals surface area contributed by atoms with Crippen molar-refractivity contribution in [1.82, 2.24) is 14.9 Å². The fourth-order valence-electron chi connectivity index (χ4n) is 2.19. The van der Waals surface area contributed by atoms with E-state index in [0.29, 0.717) is 11.9 Å². The Morgan fingerprint density at radius 1 is 1.41 bits per heavy atom. The average Bonchev–Trinajstić information content (AvgIpc) is 2.36. The molecule has 0 amide bonds. The number of rotatable bonds is 1. The van der Waals surface area contributed by atoms with Gasteiger partial charge in [-0.2, -0.15) is 0 Å². The van der Waals surface area contributed by atoms with Crippen LogP contribution in [0, 0.1) is 0 Å². The van der Waals surface area contributed by atoms with E-state index in [2.05, 4.69) is 28.7 Å². The van der Waals surface area contributed by atoms with Crippen LogP contribution in [0.25, 0.3) is 0 Å². The Bertz CT molecular complexity index is 359. The lowest BCUT2D eigenvalue weighted by atomic mass is 10.1. The maximum Gasteiger partial charge on any atom is 0.142 e. The number of hydrogen-bond donors (Lipinski definition) is 1. The monoisotopic (exact) mass is 278 g/mol. The molecule has 4 nitrogen and oxygen atoms in total. The standard InChI is InChI=1S/C11H18N4.2ClH/c1-3-15-5-4-9-10(6-8(15)2)13-7-11(12)14-9;;/h7-8H,3-6H2,1-2H3,(H2,12,14);2*1H/t8-;;/m0../s1. The normalized spacial score (nSPS) is 19.5. The van der Waals surface area contributed by atoms with Crippen molar-refractivity contribution in [1.29, 1.82) is 0 Å². The molecule has 1 aromatic heterocycles. The number of aromatic nitrogens is 2. The predicted octanol–water partition coefficient (Wildman–Crippen LogP) is 1.71. The van der Waals surface area contributed by atoms with E-state index in [1.165, 1.54) is 0 Å². The summed E-state index contributed by atoms with van der Waals surface area (Å²) in [7, 11) is 0. The SMILES string of the molecule is CCN1CCc2nc(N)cnc2C[C@@H]1C.Cl.Cl. The summed E-state index contributed by atoms with van der Waals surface area (Å²) in [5, 5.41) is 0. The van der Waals surface area contributed by atoms with Gasteiger partial charge in [-0.3, -0.25) is 4.98 Å². The first-order chi connectivity index (χ1) is 7.20. The smallest absolute Gasteiger partial charge is 0.142 e. The molecule has 2 heterocycles. The van der Waals surface area contributed by atoms with Crippen LogP contribution in [0.1, 0.15) is 25.2 Å². The summed E-state index contributed by atoms with van der Waals surface area (Å²) in [6.07, 6.45) is 3.61. The maximum atomic E-state index is 5.65. The number of likely N-dealkylation sites (N-methyl/N-ethyl adjacent to an activating group) is 1. The van der Waals surface area contributed by atoms with Gasteiger partial charge in [0.2, 0.25) is 0 Å². The molecule has 2 N–H and O–H groups in total. The molecule has 0 saturated heterocycles. The highest BCUT2D eigenvalue weighted by Crippen LogP contribution is 2.16. The van der Waals surface area contributed by atoms with Gasteiger partial charge >= 0.3 is 0 Å². The molecule has 6 heteroatoms. The van der Waals surface area contributed by atoms with Gasteiger partial charge in [-0.05, 0) is 13.5 Å². The Labute approximate surface area is 115 Å². The molecule has 17 heavy (non-hydrogen) atoms. The number of fused-ring (bicyclic) bond motifs is 1. The predicted molar refractivity (Wildman–Crippen MR) is 75.1 cm³/mol. The second kappa shape index (κ2) is 6.99. The van der Waals surface area contributed by atoms with Gasteiger partial charge in [0, 0.05) is 25.4 Å². The quantitative estimate of drug-likeness (QED) is 0.850. The van der Waals surface area contributed by atoms with E-state index in [0.717, 1.165) is 37.3 Å². The Morgan fingerprint density at radius 2 is 2.12 bits per heavy atom. The van der Waals surface area contributed by atoms with Crippen LogP contribution in [0.4, 0.5) is 5.82 Å². The van der Waals surface area contributed by atoms with Gasteiger partial charge < -0.3 is 10.6 Å². The van der Waals surface area contributed by atoms with Gasteiger partial charge in [0.15, 0.2) is 0 Å². The second-order valence-electron chi connectivity index (χ2n) is 4.12. The summed E-state index contributed by atoms with van der Waals surface area (Å²) >= 11 is 0. The third-order valence-electron chi connectivity index (χ3n) is 3.10. The Morgan fingerprint density at radius 3 is 2.76 bits per heavy atom. The van der Waals surface area contributed by atoms with Crippen LogP contribution in [0.5, 0.6) is 0 Å². The molecule has 0 fully saturated rings. The molecule has 0 aliphatic carbocycles. The van der Waals surface area contributed by atoms with Gasteiger partial charge in [0.05, 0.1) is 17.6 Å². The first-order valence-electron chi connectivity index (χ1n) is 5.55. The highest BCUT2D eigenvalue weighted by Gasteiger charge is 2.20. The average molecular weight is 279 g/mol. The number of halogens is 2. The lowest BCUT2D eigenvalue weighted by Gasteiger charge is -2.24. The molecular weight excluding hydrogens is 259 g/mol. The Kier molecular flexibility index (Phi) is 6.75. The van der Waals surface area contributed by atoms with Gasteiger partial charge in [-0.25, -0.2) is 4.98 Å². The topological polar surface area (TPSA) is 55.0 Å². The molecule has 1 atom stereocenters. The summed E-state index contributed by atoms with van der Waals surface area (Å²) < 4.78 is 0. The molecule has 2 rings (SSSR count). The highest BCUT2D eigenvalue weighted by atomic mass is 35.5. The number of nitrogen functional groups attached to an aromatic ring is 1. The molecular formula is C11H20Cl2N4. The highest BCUT2D eigenvalue weighted by molar-refractivity contribution is 5.85. The van der Waals surface area contributed by atoms with Gasteiger partial charge in [-0.15, -0.1) is 24.8 Å². The van der Waals surface area contributed by atoms with E-state index in [1.54, 1.807) is 6.20 Å². The minimum Gasteiger partial charge on any atom is -0.382 e. The van der Waals surface area contributed by atoms with Crippen molar-refractivity contribution in [2.24, 2.45) is 0 Å². The van der Waals surface area contributed by atoms with Crippen molar-refractivity contribution >= 4 is 30.6 Å². The minimum atomic E-state index is 0. The number of anilines is 1. The number of hydrogen-bond acceptors (Lipinski definition) is 4. The zero-order chi connectivity index (χ0) is 10.8. The third-order valence-corrected chi connectivity index (χ3v) is 3.10. The molecule has 98 valence electrons. The van der Waals surface area contributed by atoms with Crippen LogP contribution in [0.3, 0.4) is 0 Å². The molecule has 0 radical (unpaired) electrons. The molecule has 1 aliphatic heterocycles. The molecule has 0 aromatic carbocycles. The number of nitrogens with two attached hydrogens (primary N) is 1. The zero-order valence-electron chi connectivity index (χ0n) is 10.2. The Balaban J connectivity index is 0.00000128. The van der Waals surface area contributed by atoms with Crippen LogP contribution in [0.15, 0.2) is 6.20 Å². The zero-order valence-corrected chi connectivity index (χ0v) is 11.9. The van der Waals surface area contributed by atoms with Crippen LogP contribution < -0.4 is 5.73 Å². The van der Waals surface area contributed by atoms with Gasteiger partial charge in [0.1, 0.15) is 5.82 Å². The van der Waals surface area contributed by atoms with Crippen molar-refractivity contribution in [3.63, 3.8) is 0 Å². The van der Waals surface area contributed by atoms with Gasteiger partial charge in [-0.1, -0.05) is 6.92 Å². The third kappa shape index (κ3) is 3.69. The molecule has 0 bridgehead atoms. The van der Waals surface area contributed by atoms with E-state index in [9.17, 15) is 0 Å². The van der Waals surface area contributed by atoms with E-state index in [-0.39, 0.29) is 24.8 Å². The lowest BCUT2D eigenvalue weighted by molar-refractivity contribution is 0.227. The number of nitrogens with zero attached hydrogens (tertiary/aromatic N) is 3. The van der Waals surface area contributed by atoms with Crippen LogP contribution in [0.2, 0.25) is 0 Å². The minimum absolute atomic E-state index is 0. The molecule has 0 saturated carbocycles. The summed E-state index contributed by atoms with van der Waals surface area (Å²) in [5.41, 5.74) is 7.85. The summed E-state index contributed by atoms with van der Waals surface area (Å²) in [4.78, 5) is 11.2. The second-order valence-corrected chi connectivity index (χ2v) is 4.12.